The number of benzene rings is 2. The van der Waals surface area contributed by atoms with E-state index in [1.807, 2.05) is 12.1 Å². The molecule has 9 heteroatoms. The topological polar surface area (TPSA) is 46.3 Å². The summed E-state index contributed by atoms with van der Waals surface area (Å²) in [6.07, 6.45) is 1.04. The zero-order valence-corrected chi connectivity index (χ0v) is 17.5. The van der Waals surface area contributed by atoms with Crippen LogP contribution in [0.4, 0.5) is 24.7 Å². The molecule has 0 amide bonds. The largest absolute Gasteiger partial charge is 0.329 e. The lowest BCUT2D eigenvalue weighted by atomic mass is 9.97. The first-order valence-electron chi connectivity index (χ1n) is 9.97. The Balaban J connectivity index is 1.53. The number of hydrogen-bond donors (Lipinski definition) is 0. The van der Waals surface area contributed by atoms with Crippen molar-refractivity contribution in [2.75, 3.05) is 11.9 Å². The van der Waals surface area contributed by atoms with Gasteiger partial charge in [0.15, 0.2) is 0 Å². The molecule has 1 aliphatic carbocycles. The second-order valence-electron chi connectivity index (χ2n) is 8.14. The maximum atomic E-state index is 14.4. The normalized spacial score (nSPS) is 15.2. The molecule has 5 rings (SSSR count). The van der Waals surface area contributed by atoms with Gasteiger partial charge in [0.2, 0.25) is 6.43 Å². The van der Waals surface area contributed by atoms with E-state index in [4.69, 9.17) is 11.6 Å². The quantitative estimate of drug-likeness (QED) is 0.375. The summed E-state index contributed by atoms with van der Waals surface area (Å²) in [5.41, 5.74) is 1.14. The first kappa shape index (κ1) is 20.1. The lowest BCUT2D eigenvalue weighted by molar-refractivity contribution is 0.0566. The van der Waals surface area contributed by atoms with Crippen LogP contribution in [-0.2, 0) is 6.42 Å². The van der Waals surface area contributed by atoms with Crippen LogP contribution in [0.15, 0.2) is 42.7 Å². The van der Waals surface area contributed by atoms with Crippen LogP contribution < -0.4 is 4.90 Å². The number of hydrogen-bond acceptors (Lipinski definition) is 4. The van der Waals surface area contributed by atoms with E-state index in [1.54, 1.807) is 34.8 Å². The number of aromatic nitrogens is 4. The molecule has 0 atom stereocenters. The molecule has 160 valence electrons. The van der Waals surface area contributed by atoms with Crippen LogP contribution in [0.2, 0.25) is 5.02 Å². The lowest BCUT2D eigenvalue weighted by Crippen LogP contribution is -2.15. The SMILES string of the molecule is CN(c1cc(F)cc(CCC2(C(F)F)CC2)c1)c1nc2nncn2c2cc(Cl)ccc12. The number of rotatable bonds is 6. The Morgan fingerprint density at radius 1 is 1.19 bits per heavy atom. The minimum absolute atomic E-state index is 0.350. The standard InChI is InChI=1S/C22H19ClF3N5/c1-30(16-9-13(8-15(24)11-16)4-5-22(6-7-22)20(25)26)19-17-3-2-14(23)10-18(17)31-12-27-29-21(31)28-19/h2-3,8-12,20H,4-7H2,1H3. The van der Waals surface area contributed by atoms with Crippen LogP contribution in [0.25, 0.3) is 16.7 Å². The molecule has 31 heavy (non-hydrogen) atoms. The van der Waals surface area contributed by atoms with Gasteiger partial charge in [0.1, 0.15) is 18.0 Å². The van der Waals surface area contributed by atoms with Crippen LogP contribution in [0.1, 0.15) is 24.8 Å². The Morgan fingerprint density at radius 3 is 2.74 bits per heavy atom. The Hall–Kier alpha value is -2.87. The molecule has 0 saturated heterocycles. The van der Waals surface area contributed by atoms with Crippen molar-refractivity contribution in [3.63, 3.8) is 0 Å². The molecule has 5 nitrogen and oxygen atoms in total. The highest BCUT2D eigenvalue weighted by molar-refractivity contribution is 6.31. The number of nitrogens with zero attached hydrogens (tertiary/aromatic N) is 5. The van der Waals surface area contributed by atoms with Crippen molar-refractivity contribution in [2.45, 2.75) is 32.1 Å². The van der Waals surface area contributed by atoms with Gasteiger partial charge in [-0.25, -0.2) is 13.2 Å². The van der Waals surface area contributed by atoms with Gasteiger partial charge in [-0.1, -0.05) is 11.6 Å². The number of halogens is 4. The first-order chi connectivity index (χ1) is 14.9. The van der Waals surface area contributed by atoms with Crippen molar-refractivity contribution in [3.05, 3.63) is 59.1 Å². The van der Waals surface area contributed by atoms with Gasteiger partial charge in [0, 0.05) is 28.6 Å². The van der Waals surface area contributed by atoms with E-state index in [9.17, 15) is 13.2 Å². The molecule has 0 bridgehead atoms. The number of fused-ring (bicyclic) bond motifs is 3. The van der Waals surface area contributed by atoms with E-state index in [0.717, 1.165) is 10.9 Å². The molecule has 0 radical (unpaired) electrons. The summed E-state index contributed by atoms with van der Waals surface area (Å²) in [4.78, 5) is 6.36. The fourth-order valence-electron chi connectivity index (χ4n) is 4.00. The van der Waals surface area contributed by atoms with Crippen LogP contribution in [0, 0.1) is 11.2 Å². The molecule has 2 aromatic heterocycles. The van der Waals surface area contributed by atoms with E-state index in [0.29, 0.717) is 53.6 Å². The number of alkyl halides is 2. The van der Waals surface area contributed by atoms with Crippen molar-refractivity contribution >= 4 is 39.8 Å². The van der Waals surface area contributed by atoms with Gasteiger partial charge < -0.3 is 4.90 Å². The monoisotopic (exact) mass is 445 g/mol. The average Bonchev–Trinajstić information content (AvgIpc) is 3.39. The van der Waals surface area contributed by atoms with Gasteiger partial charge in [-0.2, -0.15) is 4.98 Å². The number of anilines is 2. The molecule has 1 fully saturated rings. The van der Waals surface area contributed by atoms with Crippen molar-refractivity contribution in [2.24, 2.45) is 5.41 Å². The van der Waals surface area contributed by atoms with E-state index < -0.39 is 17.7 Å². The Morgan fingerprint density at radius 2 is 2.00 bits per heavy atom. The molecule has 0 N–H and O–H groups in total. The third-order valence-corrected chi connectivity index (χ3v) is 6.35. The average molecular weight is 446 g/mol. The molecule has 0 aliphatic heterocycles. The van der Waals surface area contributed by atoms with Crippen molar-refractivity contribution in [3.8, 4) is 0 Å². The summed E-state index contributed by atoms with van der Waals surface area (Å²) in [6.45, 7) is 0. The second kappa shape index (κ2) is 7.37. The molecule has 1 aliphatic rings. The molecule has 4 aromatic rings. The fraction of sp³-hybridized carbons (Fsp3) is 0.318. The third kappa shape index (κ3) is 3.59. The zero-order valence-electron chi connectivity index (χ0n) is 16.7. The van der Waals surface area contributed by atoms with Crippen molar-refractivity contribution < 1.29 is 13.2 Å². The van der Waals surface area contributed by atoms with Crippen LogP contribution in [0.5, 0.6) is 0 Å². The Kier molecular flexibility index (Phi) is 4.77. The van der Waals surface area contributed by atoms with Crippen LogP contribution in [-0.4, -0.2) is 33.1 Å². The van der Waals surface area contributed by atoms with Gasteiger partial charge in [-0.3, -0.25) is 4.40 Å². The van der Waals surface area contributed by atoms with Crippen LogP contribution in [0.3, 0.4) is 0 Å². The van der Waals surface area contributed by atoms with Gasteiger partial charge in [0.25, 0.3) is 5.78 Å². The van der Waals surface area contributed by atoms with E-state index in [-0.39, 0.29) is 0 Å². The van der Waals surface area contributed by atoms with Gasteiger partial charge >= 0.3 is 0 Å². The summed E-state index contributed by atoms with van der Waals surface area (Å²) in [5, 5.41) is 9.30. The van der Waals surface area contributed by atoms with Gasteiger partial charge in [0.05, 0.1) is 5.52 Å². The molecule has 2 heterocycles. The first-order valence-corrected chi connectivity index (χ1v) is 10.3. The highest BCUT2D eigenvalue weighted by atomic mass is 35.5. The maximum Gasteiger partial charge on any atom is 0.257 e. The molecule has 1 saturated carbocycles. The van der Waals surface area contributed by atoms with Crippen molar-refractivity contribution in [1.82, 2.24) is 19.6 Å². The van der Waals surface area contributed by atoms with E-state index in [2.05, 4.69) is 15.2 Å². The van der Waals surface area contributed by atoms with Gasteiger partial charge in [-0.05, 0) is 67.6 Å². The highest BCUT2D eigenvalue weighted by Crippen LogP contribution is 2.54. The molecular weight excluding hydrogens is 427 g/mol. The molecule has 2 aromatic carbocycles. The summed E-state index contributed by atoms with van der Waals surface area (Å²) in [7, 11) is 1.78. The smallest absolute Gasteiger partial charge is 0.257 e. The Labute approximate surface area is 181 Å². The second-order valence-corrected chi connectivity index (χ2v) is 8.57. The summed E-state index contributed by atoms with van der Waals surface area (Å²) >= 11 is 6.18. The van der Waals surface area contributed by atoms with Crippen molar-refractivity contribution in [1.29, 1.82) is 0 Å². The fourth-order valence-corrected chi connectivity index (χ4v) is 4.17. The third-order valence-electron chi connectivity index (χ3n) is 6.11. The lowest BCUT2D eigenvalue weighted by Gasteiger charge is -2.22. The predicted molar refractivity (Wildman–Crippen MR) is 114 cm³/mol. The molecular formula is C22H19ClF3N5. The molecule has 0 spiro atoms. The minimum Gasteiger partial charge on any atom is -0.329 e. The van der Waals surface area contributed by atoms with Crippen LogP contribution >= 0.6 is 11.6 Å². The Bertz CT molecular complexity index is 1290. The summed E-state index contributed by atoms with van der Waals surface area (Å²) < 4.78 is 42.7. The molecule has 0 unspecified atom stereocenters. The summed E-state index contributed by atoms with van der Waals surface area (Å²) in [6, 6.07) is 10.0. The maximum absolute atomic E-state index is 14.4. The zero-order chi connectivity index (χ0) is 21.8. The van der Waals surface area contributed by atoms with E-state index >= 15 is 0 Å². The van der Waals surface area contributed by atoms with E-state index in [1.165, 1.54) is 12.1 Å². The predicted octanol–water partition coefficient (Wildman–Crippen LogP) is 5.82. The minimum atomic E-state index is -2.33. The number of aryl methyl sites for hydroxylation is 1. The highest BCUT2D eigenvalue weighted by Gasteiger charge is 2.50. The summed E-state index contributed by atoms with van der Waals surface area (Å²) in [5.74, 6) is 0.535. The van der Waals surface area contributed by atoms with Gasteiger partial charge in [-0.15, -0.1) is 10.2 Å².